The van der Waals surface area contributed by atoms with Crippen molar-refractivity contribution in [2.24, 2.45) is 0 Å². The van der Waals surface area contributed by atoms with E-state index in [0.717, 1.165) is 11.4 Å². The summed E-state index contributed by atoms with van der Waals surface area (Å²) in [6.07, 6.45) is 4.78. The molecule has 0 amide bonds. The van der Waals surface area contributed by atoms with Crippen molar-refractivity contribution in [3.63, 3.8) is 0 Å². The first-order chi connectivity index (χ1) is 3.89. The summed E-state index contributed by atoms with van der Waals surface area (Å²) in [6, 6.07) is 0. The van der Waals surface area contributed by atoms with Gasteiger partial charge in [0.1, 0.15) is 0 Å². The molecule has 0 bridgehead atoms. The standard InChI is InChI=1S/C6H10NS/c8-6-4-2-1-3-5-7-6/h5H,1-4H2,(H,7,8). The van der Waals surface area contributed by atoms with Crippen LogP contribution in [0.2, 0.25) is 0 Å². The van der Waals surface area contributed by atoms with E-state index in [2.05, 4.69) is 11.9 Å². The van der Waals surface area contributed by atoms with Gasteiger partial charge >= 0.3 is 0 Å². The molecule has 0 aromatic rings. The van der Waals surface area contributed by atoms with Gasteiger partial charge in [0.2, 0.25) is 0 Å². The van der Waals surface area contributed by atoms with Crippen molar-refractivity contribution < 1.29 is 0 Å². The Morgan fingerprint density at radius 3 is 3.25 bits per heavy atom. The summed E-state index contributed by atoms with van der Waals surface area (Å²) in [5.74, 6) is 0. The lowest BCUT2D eigenvalue weighted by Gasteiger charge is -1.96. The van der Waals surface area contributed by atoms with Crippen LogP contribution in [0.3, 0.4) is 0 Å². The van der Waals surface area contributed by atoms with Crippen LogP contribution in [0.5, 0.6) is 0 Å². The molecule has 0 aromatic carbocycles. The molecule has 1 rings (SSSR count). The Kier molecular flexibility index (Phi) is 2.27. The molecule has 45 valence electrons. The van der Waals surface area contributed by atoms with E-state index in [1.807, 2.05) is 0 Å². The fourth-order valence-electron chi connectivity index (χ4n) is 0.790. The summed E-state index contributed by atoms with van der Waals surface area (Å²) in [5.41, 5.74) is 0. The molecule has 0 saturated carbocycles. The van der Waals surface area contributed by atoms with Crippen molar-refractivity contribution in [2.45, 2.75) is 25.7 Å². The van der Waals surface area contributed by atoms with Crippen molar-refractivity contribution in [2.75, 3.05) is 0 Å². The largest absolute Gasteiger partial charge is 0.375 e. The summed E-state index contributed by atoms with van der Waals surface area (Å²) in [7, 11) is 0. The van der Waals surface area contributed by atoms with Gasteiger partial charge in [0.15, 0.2) is 0 Å². The van der Waals surface area contributed by atoms with Crippen LogP contribution in [-0.2, 0) is 0 Å². The Bertz CT molecular complexity index is 80.5. The number of rotatable bonds is 0. The molecule has 0 aliphatic carbocycles. The molecule has 1 radical (unpaired) electrons. The second-order valence-electron chi connectivity index (χ2n) is 2.02. The molecule has 1 heterocycles. The highest BCUT2D eigenvalue weighted by Gasteiger charge is 2.00. The number of thiocarbonyl (C=S) groups is 1. The van der Waals surface area contributed by atoms with E-state index < -0.39 is 0 Å². The molecular formula is C6H10NS. The highest BCUT2D eigenvalue weighted by atomic mass is 32.1. The van der Waals surface area contributed by atoms with Crippen molar-refractivity contribution in [1.29, 1.82) is 0 Å². The molecule has 1 aliphatic rings. The van der Waals surface area contributed by atoms with E-state index in [1.54, 1.807) is 0 Å². The summed E-state index contributed by atoms with van der Waals surface area (Å²) >= 11 is 4.95. The lowest BCUT2D eigenvalue weighted by Crippen LogP contribution is -2.14. The molecule has 1 nitrogen and oxygen atoms in total. The van der Waals surface area contributed by atoms with Gasteiger partial charge in [-0.2, -0.15) is 0 Å². The molecule has 0 unspecified atom stereocenters. The molecule has 1 aliphatic heterocycles. The zero-order valence-corrected chi connectivity index (χ0v) is 5.63. The van der Waals surface area contributed by atoms with E-state index in [1.165, 1.54) is 19.3 Å². The third-order valence-corrected chi connectivity index (χ3v) is 1.59. The third kappa shape index (κ3) is 1.78. The van der Waals surface area contributed by atoms with Crippen LogP contribution < -0.4 is 5.32 Å². The van der Waals surface area contributed by atoms with Gasteiger partial charge in [-0.05, 0) is 19.3 Å². The maximum atomic E-state index is 4.95. The first-order valence-electron chi connectivity index (χ1n) is 3.00. The predicted molar refractivity (Wildman–Crippen MR) is 38.5 cm³/mol. The number of hydrogen-bond acceptors (Lipinski definition) is 1. The maximum absolute atomic E-state index is 4.95. The summed E-state index contributed by atoms with van der Waals surface area (Å²) in [6.45, 7) is 2.05. The van der Waals surface area contributed by atoms with Crippen LogP contribution in [0.15, 0.2) is 0 Å². The average molecular weight is 128 g/mol. The molecule has 1 N–H and O–H groups in total. The fourth-order valence-corrected chi connectivity index (χ4v) is 1.02. The van der Waals surface area contributed by atoms with Gasteiger partial charge in [-0.25, -0.2) is 0 Å². The zero-order valence-electron chi connectivity index (χ0n) is 4.81. The van der Waals surface area contributed by atoms with Gasteiger partial charge < -0.3 is 5.32 Å². The third-order valence-electron chi connectivity index (χ3n) is 1.27. The Morgan fingerprint density at radius 2 is 2.38 bits per heavy atom. The highest BCUT2D eigenvalue weighted by Crippen LogP contribution is 2.05. The van der Waals surface area contributed by atoms with Crippen molar-refractivity contribution in [3.8, 4) is 0 Å². The second kappa shape index (κ2) is 3.02. The minimum Gasteiger partial charge on any atom is -0.375 e. The van der Waals surface area contributed by atoms with E-state index in [4.69, 9.17) is 12.2 Å². The molecule has 0 aromatic heterocycles. The lowest BCUT2D eigenvalue weighted by molar-refractivity contribution is 0.770. The van der Waals surface area contributed by atoms with Crippen LogP contribution in [-0.4, -0.2) is 4.99 Å². The first kappa shape index (κ1) is 6.02. The van der Waals surface area contributed by atoms with Crippen LogP contribution >= 0.6 is 12.2 Å². The van der Waals surface area contributed by atoms with Gasteiger partial charge in [0.05, 0.1) is 4.99 Å². The smallest absolute Gasteiger partial charge is 0.0756 e. The van der Waals surface area contributed by atoms with Gasteiger partial charge in [-0.1, -0.05) is 18.6 Å². The Labute approximate surface area is 55.5 Å². The summed E-state index contributed by atoms with van der Waals surface area (Å²) < 4.78 is 0. The van der Waals surface area contributed by atoms with Gasteiger partial charge in [-0.3, -0.25) is 0 Å². The minimum atomic E-state index is 1.00. The van der Waals surface area contributed by atoms with E-state index in [0.29, 0.717) is 0 Å². The maximum Gasteiger partial charge on any atom is 0.0756 e. The minimum absolute atomic E-state index is 1.00. The Balaban J connectivity index is 2.27. The van der Waals surface area contributed by atoms with E-state index in [-0.39, 0.29) is 0 Å². The SMILES string of the molecule is S=C1CCCC[CH]N1. The monoisotopic (exact) mass is 128 g/mol. The number of hydrogen-bond donors (Lipinski definition) is 1. The lowest BCUT2D eigenvalue weighted by atomic mass is 10.2. The molecule has 2 heteroatoms. The van der Waals surface area contributed by atoms with Crippen LogP contribution in [0.1, 0.15) is 25.7 Å². The molecular weight excluding hydrogens is 118 g/mol. The van der Waals surface area contributed by atoms with Crippen LogP contribution in [0.25, 0.3) is 0 Å². The molecule has 1 fully saturated rings. The van der Waals surface area contributed by atoms with Gasteiger partial charge in [0.25, 0.3) is 0 Å². The van der Waals surface area contributed by atoms with Gasteiger partial charge in [0, 0.05) is 6.54 Å². The molecule has 0 spiro atoms. The van der Waals surface area contributed by atoms with E-state index in [9.17, 15) is 0 Å². The first-order valence-corrected chi connectivity index (χ1v) is 3.41. The van der Waals surface area contributed by atoms with E-state index >= 15 is 0 Å². The second-order valence-corrected chi connectivity index (χ2v) is 2.51. The summed E-state index contributed by atoms with van der Waals surface area (Å²) in [5, 5.41) is 3.05. The highest BCUT2D eigenvalue weighted by molar-refractivity contribution is 7.80. The summed E-state index contributed by atoms with van der Waals surface area (Å²) in [4.78, 5) is 1.00. The topological polar surface area (TPSA) is 12.0 Å². The fraction of sp³-hybridized carbons (Fsp3) is 0.667. The van der Waals surface area contributed by atoms with Crippen LogP contribution in [0.4, 0.5) is 0 Å². The predicted octanol–water partition coefficient (Wildman–Crippen LogP) is 1.64. The zero-order chi connectivity index (χ0) is 5.82. The quantitative estimate of drug-likeness (QED) is 0.498. The van der Waals surface area contributed by atoms with Gasteiger partial charge in [-0.15, -0.1) is 0 Å². The molecule has 8 heavy (non-hydrogen) atoms. The van der Waals surface area contributed by atoms with Crippen molar-refractivity contribution in [1.82, 2.24) is 5.32 Å². The number of nitrogens with one attached hydrogen (secondary N) is 1. The van der Waals surface area contributed by atoms with Crippen molar-refractivity contribution in [3.05, 3.63) is 6.54 Å². The Morgan fingerprint density at radius 1 is 1.50 bits per heavy atom. The average Bonchev–Trinajstić information content (AvgIpc) is 1.94. The molecule has 1 saturated heterocycles. The van der Waals surface area contributed by atoms with Crippen LogP contribution in [0, 0.1) is 6.54 Å². The normalized spacial score (nSPS) is 21.8. The molecule has 0 atom stereocenters. The van der Waals surface area contributed by atoms with Crippen molar-refractivity contribution >= 4 is 17.2 Å². The Hall–Kier alpha value is -0.110.